The third-order valence-corrected chi connectivity index (χ3v) is 3.34. The number of piperidine rings is 1. The van der Waals surface area contributed by atoms with E-state index < -0.39 is 0 Å². The van der Waals surface area contributed by atoms with Crippen LogP contribution < -0.4 is 10.6 Å². The maximum atomic E-state index is 4.39. The van der Waals surface area contributed by atoms with Gasteiger partial charge in [-0.3, -0.25) is 4.98 Å². The molecule has 2 aromatic rings. The van der Waals surface area contributed by atoms with Crippen LogP contribution in [0.15, 0.2) is 36.9 Å². The molecule has 0 aliphatic carbocycles. The Labute approximate surface area is 112 Å². The first kappa shape index (κ1) is 12.0. The monoisotopic (exact) mass is 255 g/mol. The zero-order chi connectivity index (χ0) is 12.9. The minimum absolute atomic E-state index is 0.480. The molecular weight excluding hydrogens is 238 g/mol. The van der Waals surface area contributed by atoms with Gasteiger partial charge in [0.25, 0.3) is 0 Å². The molecule has 0 spiro atoms. The maximum Gasteiger partial charge on any atom is 0.222 e. The summed E-state index contributed by atoms with van der Waals surface area (Å²) in [6.45, 7) is 2.12. The summed E-state index contributed by atoms with van der Waals surface area (Å²) >= 11 is 0. The van der Waals surface area contributed by atoms with Crippen LogP contribution >= 0.6 is 0 Å². The Bertz CT molecular complexity index is 505. The molecule has 2 aromatic heterocycles. The van der Waals surface area contributed by atoms with Crippen molar-refractivity contribution in [3.63, 3.8) is 0 Å². The quantitative estimate of drug-likeness (QED) is 0.874. The van der Waals surface area contributed by atoms with Crippen molar-refractivity contribution in [2.75, 3.05) is 18.4 Å². The molecule has 1 saturated heterocycles. The van der Waals surface area contributed by atoms with Gasteiger partial charge in [0.1, 0.15) is 0 Å². The number of anilines is 1. The lowest BCUT2D eigenvalue weighted by molar-refractivity contribution is 0.477. The zero-order valence-electron chi connectivity index (χ0n) is 10.7. The first-order valence-electron chi connectivity index (χ1n) is 6.61. The second-order valence-electron chi connectivity index (χ2n) is 4.70. The van der Waals surface area contributed by atoms with Gasteiger partial charge in [0.15, 0.2) is 0 Å². The molecule has 3 heterocycles. The SMILES string of the molecule is c1cc(-c2cnc(NC3CCNCC3)nc2)ccn1. The van der Waals surface area contributed by atoms with Gasteiger partial charge in [-0.25, -0.2) is 9.97 Å². The number of nitrogens with zero attached hydrogens (tertiary/aromatic N) is 3. The molecule has 0 unspecified atom stereocenters. The number of aromatic nitrogens is 3. The highest BCUT2D eigenvalue weighted by molar-refractivity contribution is 5.61. The lowest BCUT2D eigenvalue weighted by Crippen LogP contribution is -2.35. The van der Waals surface area contributed by atoms with Crippen LogP contribution in [0.1, 0.15) is 12.8 Å². The summed E-state index contributed by atoms with van der Waals surface area (Å²) in [5, 5.41) is 6.73. The van der Waals surface area contributed by atoms with Crippen molar-refractivity contribution in [3.8, 4) is 11.1 Å². The minimum atomic E-state index is 0.480. The third kappa shape index (κ3) is 3.06. The molecule has 3 rings (SSSR count). The Balaban J connectivity index is 1.68. The van der Waals surface area contributed by atoms with E-state index in [1.54, 1.807) is 12.4 Å². The van der Waals surface area contributed by atoms with Gasteiger partial charge >= 0.3 is 0 Å². The summed E-state index contributed by atoms with van der Waals surface area (Å²) in [7, 11) is 0. The molecule has 98 valence electrons. The van der Waals surface area contributed by atoms with Crippen molar-refractivity contribution in [1.82, 2.24) is 20.3 Å². The van der Waals surface area contributed by atoms with Crippen LogP contribution in [0.25, 0.3) is 11.1 Å². The zero-order valence-corrected chi connectivity index (χ0v) is 10.7. The van der Waals surface area contributed by atoms with Gasteiger partial charge in [0.05, 0.1) is 0 Å². The van der Waals surface area contributed by atoms with E-state index in [9.17, 15) is 0 Å². The van der Waals surface area contributed by atoms with Crippen molar-refractivity contribution in [3.05, 3.63) is 36.9 Å². The second-order valence-corrected chi connectivity index (χ2v) is 4.70. The van der Waals surface area contributed by atoms with Crippen LogP contribution in [0.4, 0.5) is 5.95 Å². The van der Waals surface area contributed by atoms with E-state index in [0.29, 0.717) is 12.0 Å². The predicted octanol–water partition coefficient (Wildman–Crippen LogP) is 1.70. The summed E-state index contributed by atoms with van der Waals surface area (Å²) in [6.07, 6.45) is 9.50. The number of rotatable bonds is 3. The van der Waals surface area contributed by atoms with Gasteiger partial charge in [-0.1, -0.05) is 0 Å². The van der Waals surface area contributed by atoms with E-state index in [4.69, 9.17) is 0 Å². The molecule has 1 aliphatic rings. The fourth-order valence-electron chi connectivity index (χ4n) is 2.24. The fourth-order valence-corrected chi connectivity index (χ4v) is 2.24. The summed E-state index contributed by atoms with van der Waals surface area (Å²) in [5.74, 6) is 0.713. The summed E-state index contributed by atoms with van der Waals surface area (Å²) in [4.78, 5) is 12.8. The first-order chi connectivity index (χ1) is 9.42. The van der Waals surface area contributed by atoms with Crippen molar-refractivity contribution in [2.24, 2.45) is 0 Å². The summed E-state index contributed by atoms with van der Waals surface area (Å²) in [6, 6.07) is 4.39. The van der Waals surface area contributed by atoms with E-state index in [1.807, 2.05) is 24.5 Å². The van der Waals surface area contributed by atoms with Gasteiger partial charge in [0.2, 0.25) is 5.95 Å². The van der Waals surface area contributed by atoms with Gasteiger partial charge in [0, 0.05) is 36.4 Å². The van der Waals surface area contributed by atoms with Gasteiger partial charge in [-0.15, -0.1) is 0 Å². The molecule has 2 N–H and O–H groups in total. The highest BCUT2D eigenvalue weighted by Crippen LogP contribution is 2.17. The van der Waals surface area contributed by atoms with Crippen LogP contribution in [0.2, 0.25) is 0 Å². The normalized spacial score (nSPS) is 16.2. The fraction of sp³-hybridized carbons (Fsp3) is 0.357. The van der Waals surface area contributed by atoms with E-state index in [-0.39, 0.29) is 0 Å². The lowest BCUT2D eigenvalue weighted by Gasteiger charge is -2.23. The Kier molecular flexibility index (Phi) is 3.65. The Morgan fingerprint density at radius 2 is 1.68 bits per heavy atom. The molecule has 0 saturated carbocycles. The molecular formula is C14H17N5. The average Bonchev–Trinajstić information content (AvgIpc) is 2.50. The highest BCUT2D eigenvalue weighted by Gasteiger charge is 2.13. The van der Waals surface area contributed by atoms with E-state index >= 15 is 0 Å². The number of nitrogens with one attached hydrogen (secondary N) is 2. The van der Waals surface area contributed by atoms with E-state index in [0.717, 1.165) is 37.1 Å². The molecule has 5 heteroatoms. The van der Waals surface area contributed by atoms with Gasteiger partial charge in [-0.05, 0) is 43.6 Å². The summed E-state index contributed by atoms with van der Waals surface area (Å²) < 4.78 is 0. The maximum absolute atomic E-state index is 4.39. The van der Waals surface area contributed by atoms with Gasteiger partial charge in [-0.2, -0.15) is 0 Å². The minimum Gasteiger partial charge on any atom is -0.351 e. The average molecular weight is 255 g/mol. The van der Waals surface area contributed by atoms with Crippen LogP contribution in [0.3, 0.4) is 0 Å². The lowest BCUT2D eigenvalue weighted by atomic mass is 10.1. The van der Waals surface area contributed by atoms with E-state index in [2.05, 4.69) is 25.6 Å². The number of pyridine rings is 1. The van der Waals surface area contributed by atoms with Crippen LogP contribution in [0.5, 0.6) is 0 Å². The summed E-state index contributed by atoms with van der Waals surface area (Å²) in [5.41, 5.74) is 2.10. The molecule has 0 aromatic carbocycles. The molecule has 1 aliphatic heterocycles. The standard InChI is InChI=1S/C14H17N5/c1-5-15-6-2-11(1)12-9-17-14(18-10-12)19-13-3-7-16-8-4-13/h1-2,5-6,9-10,13,16H,3-4,7-8H2,(H,17,18,19). The molecule has 1 fully saturated rings. The largest absolute Gasteiger partial charge is 0.351 e. The topological polar surface area (TPSA) is 62.7 Å². The molecule has 0 atom stereocenters. The molecule has 0 radical (unpaired) electrons. The van der Waals surface area contributed by atoms with Crippen molar-refractivity contribution >= 4 is 5.95 Å². The van der Waals surface area contributed by atoms with Gasteiger partial charge < -0.3 is 10.6 Å². The van der Waals surface area contributed by atoms with Crippen molar-refractivity contribution in [2.45, 2.75) is 18.9 Å². The smallest absolute Gasteiger partial charge is 0.222 e. The van der Waals surface area contributed by atoms with Crippen molar-refractivity contribution in [1.29, 1.82) is 0 Å². The third-order valence-electron chi connectivity index (χ3n) is 3.34. The molecule has 0 amide bonds. The predicted molar refractivity (Wildman–Crippen MR) is 74.8 cm³/mol. The molecule has 5 nitrogen and oxygen atoms in total. The van der Waals surface area contributed by atoms with Crippen LogP contribution in [0, 0.1) is 0 Å². The molecule has 0 bridgehead atoms. The Hall–Kier alpha value is -2.01. The first-order valence-corrected chi connectivity index (χ1v) is 6.61. The van der Waals surface area contributed by atoms with Crippen LogP contribution in [-0.2, 0) is 0 Å². The highest BCUT2D eigenvalue weighted by atomic mass is 15.1. The number of hydrogen-bond donors (Lipinski definition) is 2. The molecule has 19 heavy (non-hydrogen) atoms. The van der Waals surface area contributed by atoms with Crippen molar-refractivity contribution < 1.29 is 0 Å². The Morgan fingerprint density at radius 1 is 1.00 bits per heavy atom. The van der Waals surface area contributed by atoms with Crippen LogP contribution in [-0.4, -0.2) is 34.1 Å². The Morgan fingerprint density at radius 3 is 2.37 bits per heavy atom. The van der Waals surface area contributed by atoms with E-state index in [1.165, 1.54) is 0 Å². The number of hydrogen-bond acceptors (Lipinski definition) is 5. The second kappa shape index (κ2) is 5.75.